The lowest BCUT2D eigenvalue weighted by atomic mass is 10.1. The van der Waals surface area contributed by atoms with Crippen LogP contribution in [0.15, 0.2) is 41.2 Å². The molecule has 0 atom stereocenters. The zero-order valence-corrected chi connectivity index (χ0v) is 18.4. The minimum Gasteiger partial charge on any atom is -0.324 e. The largest absolute Gasteiger partial charge is 0.324 e. The number of amides is 1. The van der Waals surface area contributed by atoms with Crippen LogP contribution in [0.4, 0.5) is 11.4 Å². The van der Waals surface area contributed by atoms with E-state index >= 15 is 0 Å². The van der Waals surface area contributed by atoms with E-state index in [0.717, 1.165) is 43.2 Å². The Balaban J connectivity index is 1.87. The van der Waals surface area contributed by atoms with E-state index in [2.05, 4.69) is 5.32 Å². The van der Waals surface area contributed by atoms with Crippen LogP contribution in [0.2, 0.25) is 0 Å². The average Bonchev–Trinajstić information content (AvgIpc) is 2.95. The van der Waals surface area contributed by atoms with E-state index in [9.17, 15) is 18.0 Å². The van der Waals surface area contributed by atoms with Crippen LogP contribution >= 0.6 is 11.3 Å². The van der Waals surface area contributed by atoms with Crippen molar-refractivity contribution >= 4 is 48.9 Å². The molecule has 7 nitrogen and oxygen atoms in total. The normalized spacial score (nSPS) is 11.6. The van der Waals surface area contributed by atoms with Crippen LogP contribution in [0.25, 0.3) is 10.2 Å². The van der Waals surface area contributed by atoms with E-state index in [1.807, 2.05) is 26.8 Å². The first-order valence-corrected chi connectivity index (χ1v) is 11.8. The minimum absolute atomic E-state index is 0.0517. The predicted molar refractivity (Wildman–Crippen MR) is 118 cm³/mol. The van der Waals surface area contributed by atoms with Crippen molar-refractivity contribution in [3.8, 4) is 0 Å². The van der Waals surface area contributed by atoms with Crippen molar-refractivity contribution in [1.82, 2.24) is 4.57 Å². The first-order valence-electron chi connectivity index (χ1n) is 9.09. The Morgan fingerprint density at radius 3 is 2.59 bits per heavy atom. The fourth-order valence-corrected chi connectivity index (χ4v) is 5.06. The van der Waals surface area contributed by atoms with Gasteiger partial charge in [0.1, 0.15) is 6.54 Å². The molecule has 0 aliphatic carbocycles. The molecular weight excluding hydrogens is 410 g/mol. The lowest BCUT2D eigenvalue weighted by molar-refractivity contribution is -0.114. The second-order valence-electron chi connectivity index (χ2n) is 6.83. The fraction of sp³-hybridized carbons (Fsp3) is 0.300. The molecule has 0 bridgehead atoms. The highest BCUT2D eigenvalue weighted by molar-refractivity contribution is 7.92. The van der Waals surface area contributed by atoms with Gasteiger partial charge in [-0.3, -0.25) is 18.5 Å². The Morgan fingerprint density at radius 1 is 1.21 bits per heavy atom. The van der Waals surface area contributed by atoms with E-state index in [-0.39, 0.29) is 11.4 Å². The lowest BCUT2D eigenvalue weighted by Crippen LogP contribution is -2.38. The van der Waals surface area contributed by atoms with Gasteiger partial charge in [0.05, 0.1) is 22.2 Å². The summed E-state index contributed by atoms with van der Waals surface area (Å²) in [4.78, 5) is 24.6. The smallest absolute Gasteiger partial charge is 0.308 e. The first kappa shape index (κ1) is 21.1. The molecule has 1 N–H and O–H groups in total. The van der Waals surface area contributed by atoms with Gasteiger partial charge in [-0.05, 0) is 56.2 Å². The van der Waals surface area contributed by atoms with E-state index in [4.69, 9.17) is 0 Å². The molecule has 0 unspecified atom stereocenters. The van der Waals surface area contributed by atoms with E-state index < -0.39 is 15.9 Å². The lowest BCUT2D eigenvalue weighted by Gasteiger charge is -2.24. The quantitative estimate of drug-likeness (QED) is 0.647. The number of fused-ring (bicyclic) bond motifs is 1. The first-order chi connectivity index (χ1) is 13.6. The second-order valence-corrected chi connectivity index (χ2v) is 9.73. The van der Waals surface area contributed by atoms with Gasteiger partial charge in [-0.2, -0.15) is 0 Å². The van der Waals surface area contributed by atoms with Gasteiger partial charge < -0.3 is 5.32 Å². The molecule has 0 aliphatic rings. The van der Waals surface area contributed by atoms with Crippen molar-refractivity contribution in [3.63, 3.8) is 0 Å². The molecule has 0 radical (unpaired) electrons. The third-order valence-electron chi connectivity index (χ3n) is 4.80. The molecule has 0 aliphatic heterocycles. The predicted octanol–water partition coefficient (Wildman–Crippen LogP) is 3.10. The molecule has 1 heterocycles. The van der Waals surface area contributed by atoms with Crippen molar-refractivity contribution < 1.29 is 13.2 Å². The van der Waals surface area contributed by atoms with E-state index in [1.165, 1.54) is 0 Å². The molecule has 0 spiro atoms. The summed E-state index contributed by atoms with van der Waals surface area (Å²) in [5, 5.41) is 2.74. The average molecular weight is 434 g/mol. The van der Waals surface area contributed by atoms with Gasteiger partial charge in [0.2, 0.25) is 15.9 Å². The van der Waals surface area contributed by atoms with Crippen molar-refractivity contribution in [2.24, 2.45) is 0 Å². The number of rotatable bonds is 6. The SMILES string of the molecule is CCn1c(=O)sc2cc(NC(=O)CN(c3cccc(C)c3C)S(C)(=O)=O)ccc21. The molecule has 0 fully saturated rings. The molecular formula is C20H23N3O4S2. The summed E-state index contributed by atoms with van der Waals surface area (Å²) in [6, 6.07) is 10.6. The molecule has 3 rings (SSSR count). The van der Waals surface area contributed by atoms with Gasteiger partial charge in [-0.25, -0.2) is 8.42 Å². The maximum atomic E-state index is 12.6. The second kappa shape index (κ2) is 8.00. The third-order valence-corrected chi connectivity index (χ3v) is 6.87. The molecule has 0 saturated carbocycles. The number of carbonyl (C=O) groups is 1. The number of anilines is 2. The molecule has 1 aromatic heterocycles. The minimum atomic E-state index is -3.66. The highest BCUT2D eigenvalue weighted by atomic mass is 32.2. The number of benzene rings is 2. The maximum absolute atomic E-state index is 12.6. The molecule has 9 heteroatoms. The maximum Gasteiger partial charge on any atom is 0.308 e. The Bertz CT molecular complexity index is 1240. The number of nitrogens with zero attached hydrogens (tertiary/aromatic N) is 2. The van der Waals surface area contributed by atoms with Gasteiger partial charge in [0.25, 0.3) is 0 Å². The van der Waals surface area contributed by atoms with Crippen LogP contribution in [0.1, 0.15) is 18.1 Å². The summed E-state index contributed by atoms with van der Waals surface area (Å²) < 4.78 is 28.2. The molecule has 1 amide bonds. The molecule has 2 aromatic carbocycles. The Hall–Kier alpha value is -2.65. The summed E-state index contributed by atoms with van der Waals surface area (Å²) >= 11 is 1.11. The summed E-state index contributed by atoms with van der Waals surface area (Å²) in [6.45, 7) is 5.85. The van der Waals surface area contributed by atoms with E-state index in [1.54, 1.807) is 34.9 Å². The summed E-state index contributed by atoms with van der Waals surface area (Å²) in [6.07, 6.45) is 1.08. The van der Waals surface area contributed by atoms with Gasteiger partial charge in [-0.1, -0.05) is 23.5 Å². The standard InChI is InChI=1S/C20H23N3O4S2/c1-5-22-17-10-9-15(11-18(17)28-20(22)25)21-19(24)12-23(29(4,26)27)16-8-6-7-13(2)14(16)3/h6-11H,5,12H2,1-4H3,(H,21,24). The van der Waals surface area contributed by atoms with Crippen LogP contribution in [-0.2, 0) is 21.4 Å². The third kappa shape index (κ3) is 4.35. The molecule has 29 heavy (non-hydrogen) atoms. The van der Waals surface area contributed by atoms with Crippen molar-refractivity contribution in [3.05, 3.63) is 57.2 Å². The summed E-state index contributed by atoms with van der Waals surface area (Å²) in [7, 11) is -3.66. The van der Waals surface area contributed by atoms with Crippen LogP contribution in [0.3, 0.4) is 0 Å². The Kier molecular flexibility index (Phi) is 5.81. The van der Waals surface area contributed by atoms with Gasteiger partial charge in [0, 0.05) is 12.2 Å². The number of hydrogen-bond acceptors (Lipinski definition) is 5. The number of nitrogens with one attached hydrogen (secondary N) is 1. The van der Waals surface area contributed by atoms with Crippen LogP contribution in [0.5, 0.6) is 0 Å². The van der Waals surface area contributed by atoms with Crippen molar-refractivity contribution in [2.45, 2.75) is 27.3 Å². The number of aromatic nitrogens is 1. The zero-order chi connectivity index (χ0) is 21.3. The number of aryl methyl sites for hydroxylation is 2. The van der Waals surface area contributed by atoms with Gasteiger partial charge in [0.15, 0.2) is 0 Å². The highest BCUT2D eigenvalue weighted by Gasteiger charge is 2.23. The number of hydrogen-bond donors (Lipinski definition) is 1. The molecule has 3 aromatic rings. The number of thiazole rings is 1. The van der Waals surface area contributed by atoms with E-state index in [0.29, 0.717) is 17.9 Å². The monoisotopic (exact) mass is 433 g/mol. The van der Waals surface area contributed by atoms with Crippen LogP contribution in [-0.4, -0.2) is 31.7 Å². The van der Waals surface area contributed by atoms with Crippen LogP contribution < -0.4 is 14.5 Å². The van der Waals surface area contributed by atoms with Crippen molar-refractivity contribution in [2.75, 3.05) is 22.4 Å². The number of carbonyl (C=O) groups excluding carboxylic acids is 1. The number of sulfonamides is 1. The van der Waals surface area contributed by atoms with Gasteiger partial charge in [-0.15, -0.1) is 0 Å². The molecule has 0 saturated heterocycles. The van der Waals surface area contributed by atoms with Crippen LogP contribution in [0, 0.1) is 13.8 Å². The summed E-state index contributed by atoms with van der Waals surface area (Å²) in [5.41, 5.74) is 3.56. The zero-order valence-electron chi connectivity index (χ0n) is 16.7. The summed E-state index contributed by atoms with van der Waals surface area (Å²) in [5.74, 6) is -0.460. The Labute approximate surface area is 173 Å². The fourth-order valence-electron chi connectivity index (χ4n) is 3.16. The molecule has 154 valence electrons. The van der Waals surface area contributed by atoms with Crippen molar-refractivity contribution in [1.29, 1.82) is 0 Å². The topological polar surface area (TPSA) is 88.5 Å². The van der Waals surface area contributed by atoms with Gasteiger partial charge >= 0.3 is 4.87 Å². The highest BCUT2D eigenvalue weighted by Crippen LogP contribution is 2.25. The Morgan fingerprint density at radius 2 is 1.93 bits per heavy atom.